The number of nitrogens with zero attached hydrogens (tertiary/aromatic N) is 1. The van der Waals surface area contributed by atoms with Crippen molar-refractivity contribution in [1.29, 1.82) is 5.26 Å². The number of anilines is 1. The molecular weight excluding hydrogens is 265 g/mol. The van der Waals surface area contributed by atoms with Gasteiger partial charge in [0.2, 0.25) is 0 Å². The van der Waals surface area contributed by atoms with Crippen molar-refractivity contribution in [3.8, 4) is 6.07 Å². The lowest BCUT2D eigenvalue weighted by Gasteiger charge is -2.23. The fraction of sp³-hybridized carbons (Fsp3) is 0.267. The van der Waals surface area contributed by atoms with E-state index in [1.54, 1.807) is 36.4 Å². The van der Waals surface area contributed by atoms with Gasteiger partial charge in [-0.3, -0.25) is 0 Å². The van der Waals surface area contributed by atoms with Gasteiger partial charge in [-0.2, -0.15) is 18.4 Å². The molecule has 2 aromatic rings. The van der Waals surface area contributed by atoms with E-state index in [-0.39, 0.29) is 12.8 Å². The summed E-state index contributed by atoms with van der Waals surface area (Å²) in [6, 6.07) is 12.1. The molecular formula is C15H11F3N2. The van der Waals surface area contributed by atoms with Crippen LogP contribution in [0.5, 0.6) is 0 Å². The van der Waals surface area contributed by atoms with Gasteiger partial charge < -0.3 is 5.32 Å². The van der Waals surface area contributed by atoms with Crippen molar-refractivity contribution in [1.82, 2.24) is 0 Å². The first-order valence-corrected chi connectivity index (χ1v) is 6.24. The van der Waals surface area contributed by atoms with E-state index in [0.29, 0.717) is 22.0 Å². The molecule has 0 saturated heterocycles. The van der Waals surface area contributed by atoms with Gasteiger partial charge in [0, 0.05) is 16.5 Å². The van der Waals surface area contributed by atoms with Gasteiger partial charge in [-0.05, 0) is 25.0 Å². The van der Waals surface area contributed by atoms with E-state index in [0.717, 1.165) is 0 Å². The maximum absolute atomic E-state index is 13.0. The average Bonchev–Trinajstić information content (AvgIpc) is 3.20. The van der Waals surface area contributed by atoms with Crippen LogP contribution in [0.3, 0.4) is 0 Å². The minimum atomic E-state index is -4.26. The molecule has 1 N–H and O–H groups in total. The van der Waals surface area contributed by atoms with Crippen LogP contribution in [0.4, 0.5) is 18.9 Å². The van der Waals surface area contributed by atoms with Crippen LogP contribution in [-0.4, -0.2) is 11.7 Å². The van der Waals surface area contributed by atoms with E-state index < -0.39 is 11.7 Å². The van der Waals surface area contributed by atoms with E-state index in [1.807, 2.05) is 0 Å². The summed E-state index contributed by atoms with van der Waals surface area (Å²) < 4.78 is 39.0. The Morgan fingerprint density at radius 1 is 1.05 bits per heavy atom. The number of hydrogen-bond acceptors (Lipinski definition) is 2. The predicted octanol–water partition coefficient (Wildman–Crippen LogP) is 4.22. The molecule has 2 aromatic carbocycles. The summed E-state index contributed by atoms with van der Waals surface area (Å²) in [5.74, 6) is 0. The zero-order chi connectivity index (χ0) is 14.4. The molecule has 2 nitrogen and oxygen atoms in total. The second-order valence-corrected chi connectivity index (χ2v) is 5.02. The number of nitriles is 1. The molecule has 0 unspecified atom stereocenters. The Kier molecular flexibility index (Phi) is 2.65. The zero-order valence-electron chi connectivity index (χ0n) is 10.5. The van der Waals surface area contributed by atoms with Gasteiger partial charge >= 0.3 is 6.18 Å². The lowest BCUT2D eigenvalue weighted by molar-refractivity contribution is -0.151. The van der Waals surface area contributed by atoms with Gasteiger partial charge in [0.05, 0.1) is 11.6 Å². The summed E-state index contributed by atoms with van der Waals surface area (Å²) in [4.78, 5) is 0. The summed E-state index contributed by atoms with van der Waals surface area (Å²) >= 11 is 0. The van der Waals surface area contributed by atoms with Crippen LogP contribution in [0.25, 0.3) is 10.8 Å². The van der Waals surface area contributed by atoms with Crippen LogP contribution >= 0.6 is 0 Å². The summed E-state index contributed by atoms with van der Waals surface area (Å²) in [5.41, 5.74) is -0.915. The van der Waals surface area contributed by atoms with E-state index in [1.165, 1.54) is 0 Å². The molecule has 1 aliphatic rings. The molecule has 0 heterocycles. The van der Waals surface area contributed by atoms with Crippen molar-refractivity contribution in [3.05, 3.63) is 42.0 Å². The van der Waals surface area contributed by atoms with Crippen LogP contribution in [-0.2, 0) is 0 Å². The molecule has 3 rings (SSSR count). The molecule has 0 bridgehead atoms. The first-order chi connectivity index (χ1) is 9.47. The third-order valence-electron chi connectivity index (χ3n) is 3.71. The average molecular weight is 276 g/mol. The van der Waals surface area contributed by atoms with Gasteiger partial charge in [0.25, 0.3) is 0 Å². The molecule has 20 heavy (non-hydrogen) atoms. The van der Waals surface area contributed by atoms with Crippen LogP contribution in [0.15, 0.2) is 36.4 Å². The Labute approximate surface area is 113 Å². The number of rotatable bonds is 2. The minimum absolute atomic E-state index is 0.0881. The maximum Gasteiger partial charge on any atom is 0.411 e. The van der Waals surface area contributed by atoms with E-state index in [4.69, 9.17) is 5.26 Å². The first kappa shape index (κ1) is 12.8. The van der Waals surface area contributed by atoms with Crippen molar-refractivity contribution in [2.75, 3.05) is 5.32 Å². The summed E-state index contributed by atoms with van der Waals surface area (Å²) in [7, 11) is 0. The van der Waals surface area contributed by atoms with Crippen LogP contribution < -0.4 is 5.32 Å². The summed E-state index contributed by atoms with van der Waals surface area (Å²) in [5, 5.41) is 13.0. The molecule has 102 valence electrons. The largest absolute Gasteiger partial charge is 0.411 e. The van der Waals surface area contributed by atoms with Crippen LogP contribution in [0.1, 0.15) is 18.4 Å². The number of hydrogen-bond donors (Lipinski definition) is 1. The third kappa shape index (κ3) is 1.88. The monoisotopic (exact) mass is 276 g/mol. The van der Waals surface area contributed by atoms with Crippen molar-refractivity contribution >= 4 is 16.5 Å². The smallest absolute Gasteiger partial charge is 0.371 e. The number of fused-ring (bicyclic) bond motifs is 1. The molecule has 1 aliphatic carbocycles. The van der Waals surface area contributed by atoms with Crippen LogP contribution in [0.2, 0.25) is 0 Å². The SMILES string of the molecule is N#Cc1ccc(NC2(C(F)(F)F)CC2)c2ccccc12. The minimum Gasteiger partial charge on any atom is -0.371 e. The predicted molar refractivity (Wildman–Crippen MR) is 70.3 cm³/mol. The Morgan fingerprint density at radius 3 is 2.25 bits per heavy atom. The van der Waals surface area contributed by atoms with Crippen molar-refractivity contribution in [2.24, 2.45) is 0 Å². The highest BCUT2D eigenvalue weighted by atomic mass is 19.4. The van der Waals surface area contributed by atoms with Gasteiger partial charge in [0.15, 0.2) is 0 Å². The first-order valence-electron chi connectivity index (χ1n) is 6.24. The third-order valence-corrected chi connectivity index (χ3v) is 3.71. The Morgan fingerprint density at radius 2 is 1.70 bits per heavy atom. The second kappa shape index (κ2) is 4.14. The molecule has 0 aromatic heterocycles. The number of halogens is 3. The molecule has 0 aliphatic heterocycles. The molecule has 1 fully saturated rings. The van der Waals surface area contributed by atoms with E-state index in [2.05, 4.69) is 11.4 Å². The topological polar surface area (TPSA) is 35.8 Å². The van der Waals surface area contributed by atoms with Crippen molar-refractivity contribution < 1.29 is 13.2 Å². The van der Waals surface area contributed by atoms with Gasteiger partial charge in [0.1, 0.15) is 5.54 Å². The molecule has 5 heteroatoms. The molecule has 0 radical (unpaired) electrons. The number of benzene rings is 2. The summed E-state index contributed by atoms with van der Waals surface area (Å²) in [6.45, 7) is 0. The molecule has 0 spiro atoms. The van der Waals surface area contributed by atoms with Crippen molar-refractivity contribution in [2.45, 2.75) is 24.6 Å². The molecule has 0 atom stereocenters. The van der Waals surface area contributed by atoms with E-state index >= 15 is 0 Å². The number of alkyl halides is 3. The molecule has 1 saturated carbocycles. The zero-order valence-corrected chi connectivity index (χ0v) is 10.5. The highest BCUT2D eigenvalue weighted by molar-refractivity contribution is 5.97. The lowest BCUT2D eigenvalue weighted by atomic mass is 10.0. The normalized spacial score (nSPS) is 16.7. The quantitative estimate of drug-likeness (QED) is 0.891. The number of nitrogens with one attached hydrogen (secondary N) is 1. The highest BCUT2D eigenvalue weighted by Gasteiger charge is 2.63. The lowest BCUT2D eigenvalue weighted by Crippen LogP contribution is -2.38. The Balaban J connectivity index is 2.08. The van der Waals surface area contributed by atoms with Crippen LogP contribution in [0, 0.1) is 11.3 Å². The Hall–Kier alpha value is -2.22. The van der Waals surface area contributed by atoms with Crippen molar-refractivity contribution in [3.63, 3.8) is 0 Å². The van der Waals surface area contributed by atoms with Gasteiger partial charge in [-0.1, -0.05) is 24.3 Å². The fourth-order valence-electron chi connectivity index (χ4n) is 2.37. The van der Waals surface area contributed by atoms with Gasteiger partial charge in [-0.25, -0.2) is 0 Å². The Bertz CT molecular complexity index is 709. The summed E-state index contributed by atoms with van der Waals surface area (Å²) in [6.07, 6.45) is -4.09. The highest BCUT2D eigenvalue weighted by Crippen LogP contribution is 2.51. The van der Waals surface area contributed by atoms with E-state index in [9.17, 15) is 13.2 Å². The fourth-order valence-corrected chi connectivity index (χ4v) is 2.37. The molecule has 0 amide bonds. The van der Waals surface area contributed by atoms with Gasteiger partial charge in [-0.15, -0.1) is 0 Å². The second-order valence-electron chi connectivity index (χ2n) is 5.02. The standard InChI is InChI=1S/C15H11F3N2/c16-15(17,18)14(7-8-14)20-13-6-5-10(9-19)11-3-1-2-4-12(11)13/h1-6,20H,7-8H2. The maximum atomic E-state index is 13.0.